The lowest BCUT2D eigenvalue weighted by atomic mass is 10.1. The summed E-state index contributed by atoms with van der Waals surface area (Å²) in [7, 11) is 0. The molecule has 0 N–H and O–H groups in total. The number of hydrogen-bond acceptors (Lipinski definition) is 1. The minimum atomic E-state index is 0.599. The van der Waals surface area contributed by atoms with E-state index in [-0.39, 0.29) is 0 Å². The second-order valence-corrected chi connectivity index (χ2v) is 3.83. The van der Waals surface area contributed by atoms with E-state index >= 15 is 0 Å². The van der Waals surface area contributed by atoms with Crippen LogP contribution in [0.5, 0.6) is 0 Å². The minimum absolute atomic E-state index is 0.599. The predicted octanol–water partition coefficient (Wildman–Crippen LogP) is 3.16. The maximum absolute atomic E-state index is 4.24. The van der Waals surface area contributed by atoms with Crippen molar-refractivity contribution in [2.75, 3.05) is 6.54 Å². The molecule has 1 rings (SSSR count). The van der Waals surface area contributed by atoms with Crippen LogP contribution in [0.15, 0.2) is 35.3 Å². The number of nitrogens with zero attached hydrogens (tertiary/aromatic N) is 1. The first-order valence-corrected chi connectivity index (χ1v) is 5.29. The first-order valence-electron chi connectivity index (χ1n) is 5.29. The third kappa shape index (κ3) is 5.70. The Morgan fingerprint density at radius 1 is 1.20 bits per heavy atom. The van der Waals surface area contributed by atoms with Crippen LogP contribution in [0, 0.1) is 17.8 Å². The molecule has 15 heavy (non-hydrogen) atoms. The van der Waals surface area contributed by atoms with Crippen LogP contribution in [0.25, 0.3) is 0 Å². The highest BCUT2D eigenvalue weighted by Gasteiger charge is 1.85. The summed E-state index contributed by atoms with van der Waals surface area (Å²) >= 11 is 0. The van der Waals surface area contributed by atoms with Gasteiger partial charge in [-0.25, -0.2) is 0 Å². The van der Waals surface area contributed by atoms with Crippen molar-refractivity contribution in [2.24, 2.45) is 10.9 Å². The van der Waals surface area contributed by atoms with Crippen molar-refractivity contribution in [1.82, 2.24) is 0 Å². The van der Waals surface area contributed by atoms with Gasteiger partial charge in [-0.15, -0.1) is 5.92 Å². The van der Waals surface area contributed by atoms with Crippen LogP contribution >= 0.6 is 0 Å². The summed E-state index contributed by atoms with van der Waals surface area (Å²) in [6, 6.07) is 10.1. The zero-order chi connectivity index (χ0) is 10.9. The lowest BCUT2D eigenvalue weighted by molar-refractivity contribution is 0.675. The number of aliphatic imine (C=N–C) groups is 1. The largest absolute Gasteiger partial charge is 0.280 e. The summed E-state index contributed by atoms with van der Waals surface area (Å²) in [5.74, 6) is 6.80. The smallest absolute Gasteiger partial charge is 0.0997 e. The Hall–Kier alpha value is -1.55. The Kier molecular flexibility index (Phi) is 5.25. The maximum Gasteiger partial charge on any atom is 0.0997 e. The molecule has 0 atom stereocenters. The minimum Gasteiger partial charge on any atom is -0.280 e. The van der Waals surface area contributed by atoms with Gasteiger partial charge in [0.05, 0.1) is 6.54 Å². The fraction of sp³-hybridized carbons (Fsp3) is 0.357. The molecule has 0 saturated carbocycles. The molecule has 0 fully saturated rings. The monoisotopic (exact) mass is 199 g/mol. The molecule has 0 aliphatic carbocycles. The number of hydrogen-bond donors (Lipinski definition) is 0. The Balaban J connectivity index is 2.31. The quantitative estimate of drug-likeness (QED) is 0.524. The van der Waals surface area contributed by atoms with Gasteiger partial charge in [0.1, 0.15) is 0 Å². The van der Waals surface area contributed by atoms with Gasteiger partial charge >= 0.3 is 0 Å². The van der Waals surface area contributed by atoms with Crippen molar-refractivity contribution in [2.45, 2.75) is 20.3 Å². The van der Waals surface area contributed by atoms with Crippen LogP contribution < -0.4 is 0 Å². The molecule has 0 saturated heterocycles. The van der Waals surface area contributed by atoms with E-state index in [4.69, 9.17) is 0 Å². The number of benzene rings is 1. The summed E-state index contributed by atoms with van der Waals surface area (Å²) in [5.41, 5.74) is 1.13. The van der Waals surface area contributed by atoms with Crippen molar-refractivity contribution in [1.29, 1.82) is 0 Å². The lowest BCUT2D eigenvalue weighted by Gasteiger charge is -1.92. The molecule has 0 aromatic heterocycles. The normalized spacial score (nSPS) is 10.3. The summed E-state index contributed by atoms with van der Waals surface area (Å²) in [5, 5.41) is 0. The van der Waals surface area contributed by atoms with Gasteiger partial charge < -0.3 is 0 Å². The van der Waals surface area contributed by atoms with E-state index in [1.54, 1.807) is 0 Å². The summed E-state index contributed by atoms with van der Waals surface area (Å²) in [4.78, 5) is 4.24. The topological polar surface area (TPSA) is 12.4 Å². The van der Waals surface area contributed by atoms with Crippen LogP contribution in [0.2, 0.25) is 0 Å². The fourth-order valence-electron chi connectivity index (χ4n) is 1.07. The van der Waals surface area contributed by atoms with Crippen LogP contribution in [-0.2, 0) is 0 Å². The SMILES string of the molecule is CC(C)CC#CC/N=C/c1ccccc1. The average molecular weight is 199 g/mol. The summed E-state index contributed by atoms with van der Waals surface area (Å²) in [6.45, 7) is 4.94. The van der Waals surface area contributed by atoms with Gasteiger partial charge in [-0.3, -0.25) is 4.99 Å². The molecule has 0 aliphatic rings. The summed E-state index contributed by atoms with van der Waals surface area (Å²) < 4.78 is 0. The molecule has 0 unspecified atom stereocenters. The zero-order valence-electron chi connectivity index (χ0n) is 9.40. The highest BCUT2D eigenvalue weighted by atomic mass is 14.7. The molecule has 0 heterocycles. The Morgan fingerprint density at radius 2 is 1.93 bits per heavy atom. The van der Waals surface area contributed by atoms with E-state index in [1.165, 1.54) is 0 Å². The highest BCUT2D eigenvalue weighted by Crippen LogP contribution is 1.96. The Bertz CT molecular complexity index is 352. The molecular weight excluding hydrogens is 182 g/mol. The molecule has 0 aliphatic heterocycles. The molecule has 1 nitrogen and oxygen atoms in total. The number of rotatable bonds is 3. The van der Waals surface area contributed by atoms with Crippen molar-refractivity contribution in [3.63, 3.8) is 0 Å². The van der Waals surface area contributed by atoms with E-state index in [0.29, 0.717) is 12.5 Å². The van der Waals surface area contributed by atoms with Gasteiger partial charge in [0.15, 0.2) is 0 Å². The Labute approximate surface area is 92.2 Å². The standard InChI is InChI=1S/C14H17N/c1-13(2)8-6-7-11-15-12-14-9-4-3-5-10-14/h3-5,9-10,12-13H,8,11H2,1-2H3/b15-12+. The lowest BCUT2D eigenvalue weighted by Crippen LogP contribution is -1.84. The van der Waals surface area contributed by atoms with Gasteiger partial charge in [0.2, 0.25) is 0 Å². The molecule has 1 heteroatoms. The van der Waals surface area contributed by atoms with Gasteiger partial charge in [0, 0.05) is 12.6 Å². The van der Waals surface area contributed by atoms with Crippen LogP contribution in [0.1, 0.15) is 25.8 Å². The van der Waals surface area contributed by atoms with Crippen molar-refractivity contribution in [3.05, 3.63) is 35.9 Å². The van der Waals surface area contributed by atoms with Gasteiger partial charge in [0.25, 0.3) is 0 Å². The van der Waals surface area contributed by atoms with E-state index in [1.807, 2.05) is 36.5 Å². The fourth-order valence-corrected chi connectivity index (χ4v) is 1.07. The van der Waals surface area contributed by atoms with Crippen molar-refractivity contribution < 1.29 is 0 Å². The van der Waals surface area contributed by atoms with Crippen LogP contribution in [0.3, 0.4) is 0 Å². The van der Waals surface area contributed by atoms with Crippen molar-refractivity contribution in [3.8, 4) is 11.8 Å². The van der Waals surface area contributed by atoms with Gasteiger partial charge in [-0.05, 0) is 11.5 Å². The van der Waals surface area contributed by atoms with Crippen LogP contribution in [0.4, 0.5) is 0 Å². The second kappa shape index (κ2) is 6.84. The molecule has 0 spiro atoms. The van der Waals surface area contributed by atoms with Crippen LogP contribution in [-0.4, -0.2) is 12.8 Å². The van der Waals surface area contributed by atoms with E-state index < -0.39 is 0 Å². The molecule has 1 aromatic rings. The second-order valence-electron chi connectivity index (χ2n) is 3.83. The average Bonchev–Trinajstić information content (AvgIpc) is 2.24. The third-order valence-electron chi connectivity index (χ3n) is 1.85. The van der Waals surface area contributed by atoms with Gasteiger partial charge in [-0.1, -0.05) is 50.1 Å². The molecule has 1 aromatic carbocycles. The third-order valence-corrected chi connectivity index (χ3v) is 1.85. The first kappa shape index (κ1) is 11.5. The zero-order valence-corrected chi connectivity index (χ0v) is 9.40. The summed E-state index contributed by atoms with van der Waals surface area (Å²) in [6.07, 6.45) is 2.82. The maximum atomic E-state index is 4.24. The molecule has 0 amide bonds. The van der Waals surface area contributed by atoms with E-state index in [0.717, 1.165) is 12.0 Å². The van der Waals surface area contributed by atoms with Crippen molar-refractivity contribution >= 4 is 6.21 Å². The predicted molar refractivity (Wildman–Crippen MR) is 66.1 cm³/mol. The molecule has 0 radical (unpaired) electrons. The van der Waals surface area contributed by atoms with E-state index in [9.17, 15) is 0 Å². The first-order chi connectivity index (χ1) is 7.29. The molecule has 0 bridgehead atoms. The Morgan fingerprint density at radius 3 is 2.60 bits per heavy atom. The van der Waals surface area contributed by atoms with Gasteiger partial charge in [-0.2, -0.15) is 0 Å². The molecular formula is C14H17N. The molecule has 78 valence electrons. The highest BCUT2D eigenvalue weighted by molar-refractivity contribution is 5.79. The van der Waals surface area contributed by atoms with E-state index in [2.05, 4.69) is 30.7 Å².